The molecule has 0 bridgehead atoms. The number of hydrogen-bond acceptors (Lipinski definition) is 2. The van der Waals surface area contributed by atoms with Crippen molar-refractivity contribution in [1.29, 1.82) is 0 Å². The number of rotatable bonds is 3. The number of furan rings is 2. The number of hydrogen-bond donors (Lipinski definition) is 0. The number of aryl methyl sites for hydroxylation is 2. The molecule has 5 aromatic rings. The van der Waals surface area contributed by atoms with Gasteiger partial charge in [-0.05, 0) is 62.4 Å². The van der Waals surface area contributed by atoms with Gasteiger partial charge < -0.3 is 8.83 Å². The molecule has 2 aromatic heterocycles. The monoisotopic (exact) mass is 381 g/mol. The summed E-state index contributed by atoms with van der Waals surface area (Å²) in [6.07, 6.45) is 1.89. The third kappa shape index (κ3) is 2.54. The molecule has 0 amide bonds. The van der Waals surface area contributed by atoms with Gasteiger partial charge in [-0.25, -0.2) is 0 Å². The zero-order chi connectivity index (χ0) is 19.4. The van der Waals surface area contributed by atoms with Gasteiger partial charge in [0.1, 0.15) is 32.9 Å². The average molecular weight is 382 g/mol. The predicted octanol–water partition coefficient (Wildman–Crippen LogP) is 5.83. The van der Waals surface area contributed by atoms with Crippen molar-refractivity contribution in [2.75, 3.05) is 0 Å². The molecule has 0 aliphatic heterocycles. The third-order valence-electron chi connectivity index (χ3n) is 5.61. The fraction of sp³-hybridized carbons (Fsp3) is 0.120. The van der Waals surface area contributed by atoms with Crippen molar-refractivity contribution >= 4 is 58.2 Å². The zero-order valence-corrected chi connectivity index (χ0v) is 17.3. The van der Waals surface area contributed by atoms with Gasteiger partial charge in [0.25, 0.3) is 0 Å². The van der Waals surface area contributed by atoms with Gasteiger partial charge in [-0.2, -0.15) is 0 Å². The maximum absolute atomic E-state index is 6.03. The Bertz CT molecular complexity index is 1370. The molecule has 0 saturated heterocycles. The Morgan fingerprint density at radius 2 is 1.32 bits per heavy atom. The molecule has 136 valence electrons. The van der Waals surface area contributed by atoms with Crippen LogP contribution in [-0.4, -0.2) is 8.80 Å². The SMILES string of the molecule is C=Cc1c(C)oc2ccc([Si+](C)c3ccc4oc5ccc(C)cc5c4c3)cc12. The fourth-order valence-corrected chi connectivity index (χ4v) is 5.74. The van der Waals surface area contributed by atoms with Gasteiger partial charge >= 0.3 is 8.80 Å². The molecule has 0 spiro atoms. The molecule has 0 N–H and O–H groups in total. The summed E-state index contributed by atoms with van der Waals surface area (Å²) in [4.78, 5) is 0. The highest BCUT2D eigenvalue weighted by atomic mass is 28.3. The topological polar surface area (TPSA) is 26.3 Å². The van der Waals surface area contributed by atoms with Gasteiger partial charge in [0.2, 0.25) is 0 Å². The van der Waals surface area contributed by atoms with Crippen molar-refractivity contribution in [3.05, 3.63) is 78.1 Å². The maximum atomic E-state index is 6.03. The van der Waals surface area contributed by atoms with Crippen LogP contribution in [-0.2, 0) is 0 Å². The quantitative estimate of drug-likeness (QED) is 0.368. The lowest BCUT2D eigenvalue weighted by Crippen LogP contribution is -2.38. The van der Waals surface area contributed by atoms with Crippen LogP contribution in [0.3, 0.4) is 0 Å². The maximum Gasteiger partial charge on any atom is 0.387 e. The zero-order valence-electron chi connectivity index (χ0n) is 16.3. The smallest absolute Gasteiger partial charge is 0.387 e. The first-order valence-electron chi connectivity index (χ1n) is 9.48. The van der Waals surface area contributed by atoms with Crippen LogP contribution in [0.25, 0.3) is 39.0 Å². The Hall–Kier alpha value is -3.04. The summed E-state index contributed by atoms with van der Waals surface area (Å²) in [5.41, 5.74) is 5.18. The lowest BCUT2D eigenvalue weighted by Gasteiger charge is -2.00. The Kier molecular flexibility index (Phi) is 3.81. The highest BCUT2D eigenvalue weighted by Crippen LogP contribution is 2.29. The second kappa shape index (κ2) is 6.25. The van der Waals surface area contributed by atoms with Crippen LogP contribution in [0.15, 0.2) is 70.0 Å². The minimum Gasteiger partial charge on any atom is -0.461 e. The van der Waals surface area contributed by atoms with E-state index >= 15 is 0 Å². The van der Waals surface area contributed by atoms with Crippen molar-refractivity contribution in [2.45, 2.75) is 20.4 Å². The molecule has 3 heteroatoms. The average Bonchev–Trinajstić information content (AvgIpc) is 3.22. The predicted molar refractivity (Wildman–Crippen MR) is 120 cm³/mol. The molecule has 0 aliphatic rings. The van der Waals surface area contributed by atoms with Crippen molar-refractivity contribution < 1.29 is 8.83 Å². The Balaban J connectivity index is 1.64. The highest BCUT2D eigenvalue weighted by Gasteiger charge is 2.28. The molecule has 0 radical (unpaired) electrons. The molecule has 0 atom stereocenters. The summed E-state index contributed by atoms with van der Waals surface area (Å²) in [6, 6.07) is 19.6. The van der Waals surface area contributed by atoms with Crippen molar-refractivity contribution in [2.24, 2.45) is 0 Å². The molecule has 5 rings (SSSR count). The van der Waals surface area contributed by atoms with E-state index < -0.39 is 8.80 Å². The van der Waals surface area contributed by atoms with E-state index in [0.29, 0.717) is 0 Å². The Morgan fingerprint density at radius 1 is 0.750 bits per heavy atom. The second-order valence-corrected chi connectivity index (χ2v) is 9.83. The summed E-state index contributed by atoms with van der Waals surface area (Å²) >= 11 is 0. The first kappa shape index (κ1) is 17.1. The largest absolute Gasteiger partial charge is 0.461 e. The summed E-state index contributed by atoms with van der Waals surface area (Å²) < 4.78 is 11.9. The van der Waals surface area contributed by atoms with Crippen molar-refractivity contribution in [3.8, 4) is 0 Å². The standard InChI is InChI=1S/C25H21O2Si/c1-5-19-16(3)26-23-10-7-17(13-21(19)23)28(4)18-8-11-25-22(14-18)20-12-15(2)6-9-24(20)27-25/h5-14H,1H2,2-4H3/q+1. The first-order valence-corrected chi connectivity index (χ1v) is 11.5. The highest BCUT2D eigenvalue weighted by molar-refractivity contribution is 6.84. The van der Waals surface area contributed by atoms with Crippen LogP contribution in [0, 0.1) is 13.8 Å². The van der Waals surface area contributed by atoms with Gasteiger partial charge in [-0.1, -0.05) is 24.3 Å². The second-order valence-electron chi connectivity index (χ2n) is 7.42. The summed E-state index contributed by atoms with van der Waals surface area (Å²) in [6.45, 7) is 10.4. The van der Waals surface area contributed by atoms with E-state index in [1.54, 1.807) is 0 Å². The van der Waals surface area contributed by atoms with Crippen LogP contribution in [0.2, 0.25) is 6.55 Å². The number of fused-ring (bicyclic) bond motifs is 4. The van der Waals surface area contributed by atoms with E-state index in [9.17, 15) is 0 Å². The van der Waals surface area contributed by atoms with Gasteiger partial charge in [0, 0.05) is 21.7 Å². The lowest BCUT2D eigenvalue weighted by atomic mass is 10.1. The van der Waals surface area contributed by atoms with Crippen LogP contribution in [0.4, 0.5) is 0 Å². The number of benzene rings is 3. The van der Waals surface area contributed by atoms with E-state index in [-0.39, 0.29) is 0 Å². The van der Waals surface area contributed by atoms with Gasteiger partial charge in [-0.3, -0.25) is 0 Å². The van der Waals surface area contributed by atoms with Crippen LogP contribution >= 0.6 is 0 Å². The summed E-state index contributed by atoms with van der Waals surface area (Å²) in [5.74, 6) is 0.925. The van der Waals surface area contributed by atoms with Gasteiger partial charge in [0.05, 0.1) is 6.55 Å². The van der Waals surface area contributed by atoms with Crippen LogP contribution in [0.1, 0.15) is 16.9 Å². The Morgan fingerprint density at radius 3 is 2.00 bits per heavy atom. The van der Waals surface area contributed by atoms with Gasteiger partial charge in [-0.15, -0.1) is 0 Å². The van der Waals surface area contributed by atoms with Crippen LogP contribution in [0.5, 0.6) is 0 Å². The van der Waals surface area contributed by atoms with Crippen molar-refractivity contribution in [1.82, 2.24) is 0 Å². The van der Waals surface area contributed by atoms with Crippen LogP contribution < -0.4 is 10.4 Å². The van der Waals surface area contributed by atoms with E-state index in [4.69, 9.17) is 8.83 Å². The molecular formula is C25H21O2Si+. The third-order valence-corrected chi connectivity index (χ3v) is 7.96. The molecular weight excluding hydrogens is 360 g/mol. The van der Waals surface area contributed by atoms with E-state index in [1.807, 2.05) is 13.0 Å². The molecule has 28 heavy (non-hydrogen) atoms. The summed E-state index contributed by atoms with van der Waals surface area (Å²) in [5, 5.41) is 6.29. The fourth-order valence-electron chi connectivity index (χ4n) is 4.02. The molecule has 2 heterocycles. The van der Waals surface area contributed by atoms with E-state index in [2.05, 4.69) is 74.6 Å². The minimum atomic E-state index is -0.914. The Labute approximate surface area is 165 Å². The van der Waals surface area contributed by atoms with Crippen molar-refractivity contribution in [3.63, 3.8) is 0 Å². The summed E-state index contributed by atoms with van der Waals surface area (Å²) in [7, 11) is -0.914. The molecule has 0 saturated carbocycles. The normalized spacial score (nSPS) is 11.5. The van der Waals surface area contributed by atoms with E-state index in [1.165, 1.54) is 26.7 Å². The minimum absolute atomic E-state index is 0.914. The van der Waals surface area contributed by atoms with E-state index in [0.717, 1.165) is 33.5 Å². The first-order chi connectivity index (χ1) is 13.5. The molecule has 2 nitrogen and oxygen atoms in total. The molecule has 0 fully saturated rings. The van der Waals surface area contributed by atoms with Gasteiger partial charge in [0.15, 0.2) is 0 Å². The molecule has 0 unspecified atom stereocenters. The lowest BCUT2D eigenvalue weighted by molar-refractivity contribution is 0.577. The molecule has 3 aromatic carbocycles. The molecule has 0 aliphatic carbocycles.